The quantitative estimate of drug-likeness (QED) is 0.568. The maximum absolute atomic E-state index is 13.5. The lowest BCUT2D eigenvalue weighted by molar-refractivity contribution is 0.371. The minimum absolute atomic E-state index is 0.214. The Labute approximate surface area is 182 Å². The number of hydrogen-bond donors (Lipinski definition) is 0. The first-order valence-corrected chi connectivity index (χ1v) is 11.3. The molecule has 0 bridgehead atoms. The lowest BCUT2D eigenvalue weighted by atomic mass is 9.98. The fourth-order valence-electron chi connectivity index (χ4n) is 3.65. The highest BCUT2D eigenvalue weighted by atomic mass is 32.2. The van der Waals surface area contributed by atoms with Gasteiger partial charge in [-0.1, -0.05) is 48.0 Å². The van der Waals surface area contributed by atoms with Gasteiger partial charge in [-0.15, -0.1) is 0 Å². The Bertz CT molecular complexity index is 1210. The van der Waals surface area contributed by atoms with E-state index in [9.17, 15) is 8.42 Å². The van der Waals surface area contributed by atoms with Crippen LogP contribution in [0, 0.1) is 6.92 Å². The van der Waals surface area contributed by atoms with Gasteiger partial charge in [0, 0.05) is 18.1 Å². The fourth-order valence-corrected chi connectivity index (χ4v) is 5.08. The molecule has 3 aromatic rings. The van der Waals surface area contributed by atoms with Crippen molar-refractivity contribution >= 4 is 15.7 Å². The van der Waals surface area contributed by atoms with E-state index >= 15 is 0 Å². The third-order valence-corrected chi connectivity index (χ3v) is 7.04. The summed E-state index contributed by atoms with van der Waals surface area (Å²) in [7, 11) is -0.687. The zero-order chi connectivity index (χ0) is 22.0. The smallest absolute Gasteiger partial charge is 0.279 e. The van der Waals surface area contributed by atoms with E-state index in [1.165, 1.54) is 4.41 Å². The van der Waals surface area contributed by atoms with Gasteiger partial charge in [-0.3, -0.25) is 0 Å². The summed E-state index contributed by atoms with van der Waals surface area (Å²) in [6, 6.07) is 21.4. The van der Waals surface area contributed by atoms with Crippen molar-refractivity contribution in [3.8, 4) is 11.5 Å². The summed E-state index contributed by atoms with van der Waals surface area (Å²) >= 11 is 0. The highest BCUT2D eigenvalue weighted by Gasteiger charge is 2.38. The molecule has 4 rings (SSSR count). The second kappa shape index (κ2) is 8.43. The number of methoxy groups -OCH3 is 2. The van der Waals surface area contributed by atoms with Crippen molar-refractivity contribution < 1.29 is 17.9 Å². The molecule has 0 amide bonds. The van der Waals surface area contributed by atoms with Crippen LogP contribution < -0.4 is 9.47 Å². The Balaban J connectivity index is 1.82. The second-order valence-electron chi connectivity index (χ2n) is 7.33. The molecule has 6 nitrogen and oxygen atoms in total. The van der Waals surface area contributed by atoms with Gasteiger partial charge in [-0.2, -0.15) is 17.9 Å². The Morgan fingerprint density at radius 3 is 2.29 bits per heavy atom. The first-order chi connectivity index (χ1) is 14.9. The van der Waals surface area contributed by atoms with E-state index in [4.69, 9.17) is 9.47 Å². The fraction of sp³-hybridized carbons (Fsp3) is 0.208. The van der Waals surface area contributed by atoms with E-state index in [1.54, 1.807) is 44.6 Å². The minimum Gasteiger partial charge on any atom is -0.497 e. The van der Waals surface area contributed by atoms with Crippen molar-refractivity contribution in [3.63, 3.8) is 0 Å². The van der Waals surface area contributed by atoms with E-state index in [0.717, 1.165) is 16.7 Å². The van der Waals surface area contributed by atoms with E-state index in [0.29, 0.717) is 23.6 Å². The van der Waals surface area contributed by atoms with Crippen LogP contribution in [0.5, 0.6) is 11.5 Å². The van der Waals surface area contributed by atoms with Gasteiger partial charge in [0.15, 0.2) is 0 Å². The predicted octanol–water partition coefficient (Wildman–Crippen LogP) is 4.55. The average molecular weight is 437 g/mol. The number of aryl methyl sites for hydroxylation is 1. The lowest BCUT2D eigenvalue weighted by Gasteiger charge is -2.23. The number of sulfonamides is 1. The van der Waals surface area contributed by atoms with Crippen LogP contribution in [0.25, 0.3) is 0 Å². The molecule has 1 aliphatic heterocycles. The van der Waals surface area contributed by atoms with E-state index in [1.807, 2.05) is 49.4 Å². The maximum Gasteiger partial charge on any atom is 0.279 e. The first kappa shape index (κ1) is 20.9. The molecule has 160 valence electrons. The van der Waals surface area contributed by atoms with Crippen molar-refractivity contribution in [2.24, 2.45) is 5.10 Å². The zero-order valence-electron chi connectivity index (χ0n) is 17.6. The molecule has 1 heterocycles. The summed E-state index contributed by atoms with van der Waals surface area (Å²) in [5.74, 6) is 1.24. The zero-order valence-corrected chi connectivity index (χ0v) is 18.5. The van der Waals surface area contributed by atoms with Gasteiger partial charge in [0.05, 0.1) is 30.9 Å². The summed E-state index contributed by atoms with van der Waals surface area (Å²) in [4.78, 5) is 0.214. The molecule has 0 radical (unpaired) electrons. The number of hydrazone groups is 1. The highest BCUT2D eigenvalue weighted by Crippen LogP contribution is 2.39. The summed E-state index contributed by atoms with van der Waals surface area (Å²) in [5, 5.41) is 4.59. The van der Waals surface area contributed by atoms with Crippen LogP contribution in [-0.2, 0) is 10.0 Å². The molecule has 0 fully saturated rings. The van der Waals surface area contributed by atoms with Crippen LogP contribution in [0.15, 0.2) is 82.8 Å². The molecule has 0 saturated heterocycles. The van der Waals surface area contributed by atoms with Gasteiger partial charge >= 0.3 is 0 Å². The molecule has 0 aliphatic carbocycles. The van der Waals surface area contributed by atoms with Crippen LogP contribution in [0.1, 0.15) is 29.2 Å². The molecular formula is C24H24N2O4S. The van der Waals surface area contributed by atoms with Gasteiger partial charge in [0.2, 0.25) is 0 Å². The van der Waals surface area contributed by atoms with E-state index in [-0.39, 0.29) is 4.90 Å². The molecule has 0 unspecified atom stereocenters. The summed E-state index contributed by atoms with van der Waals surface area (Å²) in [5.41, 5.74) is 3.26. The molecule has 7 heteroatoms. The van der Waals surface area contributed by atoms with Crippen LogP contribution in [0.3, 0.4) is 0 Å². The van der Waals surface area contributed by atoms with Gasteiger partial charge < -0.3 is 9.47 Å². The third kappa shape index (κ3) is 4.01. The molecule has 1 atom stereocenters. The maximum atomic E-state index is 13.5. The lowest BCUT2D eigenvalue weighted by Crippen LogP contribution is -2.27. The molecule has 3 aromatic carbocycles. The summed E-state index contributed by atoms with van der Waals surface area (Å²) < 4.78 is 39.1. The second-order valence-corrected chi connectivity index (χ2v) is 9.13. The first-order valence-electron chi connectivity index (χ1n) is 9.90. The number of ether oxygens (including phenoxy) is 2. The Morgan fingerprint density at radius 1 is 0.935 bits per heavy atom. The molecule has 0 saturated carbocycles. The Morgan fingerprint density at radius 2 is 1.65 bits per heavy atom. The topological polar surface area (TPSA) is 68.2 Å². The number of rotatable bonds is 6. The standard InChI is InChI=1S/C24H24N2O4S/c1-17-9-12-20(13-10-17)31(27,28)26-23(18-7-5-4-6-8-18)16-22(25-26)21-14-11-19(29-2)15-24(21)30-3/h4-15,23H,16H2,1-3H3/t23-/m0/s1. The largest absolute Gasteiger partial charge is 0.497 e. The minimum atomic E-state index is -3.85. The molecule has 0 aromatic heterocycles. The number of nitrogens with zero attached hydrogens (tertiary/aromatic N) is 2. The normalized spacial score (nSPS) is 16.2. The van der Waals surface area contributed by atoms with Crippen LogP contribution in [0.4, 0.5) is 0 Å². The van der Waals surface area contributed by atoms with Crippen LogP contribution >= 0.6 is 0 Å². The predicted molar refractivity (Wildman–Crippen MR) is 120 cm³/mol. The summed E-state index contributed by atoms with van der Waals surface area (Å²) in [6.07, 6.45) is 0.428. The molecule has 31 heavy (non-hydrogen) atoms. The third-order valence-electron chi connectivity index (χ3n) is 5.34. The Hall–Kier alpha value is -3.32. The van der Waals surface area contributed by atoms with Crippen molar-refractivity contribution in [2.75, 3.05) is 14.2 Å². The van der Waals surface area contributed by atoms with Gasteiger partial charge in [0.1, 0.15) is 11.5 Å². The average Bonchev–Trinajstić information content (AvgIpc) is 3.25. The van der Waals surface area contributed by atoms with Gasteiger partial charge in [-0.05, 0) is 36.8 Å². The van der Waals surface area contributed by atoms with Gasteiger partial charge in [0.25, 0.3) is 10.0 Å². The SMILES string of the molecule is COc1ccc(C2=NN(S(=O)(=O)c3ccc(C)cc3)[C@H](c3ccccc3)C2)c(OC)c1. The molecule has 0 spiro atoms. The molecule has 1 aliphatic rings. The van der Waals surface area contributed by atoms with Crippen molar-refractivity contribution in [2.45, 2.75) is 24.3 Å². The highest BCUT2D eigenvalue weighted by molar-refractivity contribution is 7.89. The number of benzene rings is 3. The number of hydrogen-bond acceptors (Lipinski definition) is 5. The van der Waals surface area contributed by atoms with Crippen LogP contribution in [-0.4, -0.2) is 32.8 Å². The van der Waals surface area contributed by atoms with E-state index in [2.05, 4.69) is 5.10 Å². The van der Waals surface area contributed by atoms with Crippen molar-refractivity contribution in [3.05, 3.63) is 89.5 Å². The van der Waals surface area contributed by atoms with Crippen molar-refractivity contribution in [1.82, 2.24) is 4.41 Å². The van der Waals surface area contributed by atoms with Gasteiger partial charge in [-0.25, -0.2) is 0 Å². The summed E-state index contributed by atoms with van der Waals surface area (Å²) in [6.45, 7) is 1.92. The Kier molecular flexibility index (Phi) is 5.69. The molecule has 0 N–H and O–H groups in total. The molecular weight excluding hydrogens is 412 g/mol. The van der Waals surface area contributed by atoms with E-state index < -0.39 is 16.1 Å². The monoisotopic (exact) mass is 436 g/mol. The van der Waals surface area contributed by atoms with Crippen LogP contribution in [0.2, 0.25) is 0 Å². The van der Waals surface area contributed by atoms with Crippen molar-refractivity contribution in [1.29, 1.82) is 0 Å².